The number of aryl methyl sites for hydroxylation is 1. The number of hydrogen-bond acceptors (Lipinski definition) is 2. The molecular formula is C16H27IN4O. The minimum Gasteiger partial charge on any atom is -0.357 e. The lowest BCUT2D eigenvalue weighted by molar-refractivity contribution is -0.118. The van der Waals surface area contributed by atoms with Crippen molar-refractivity contribution in [2.45, 2.75) is 26.7 Å². The summed E-state index contributed by atoms with van der Waals surface area (Å²) in [5.41, 5.74) is 1.34. The Balaban J connectivity index is 0.00000441. The molecule has 0 saturated heterocycles. The minimum atomic E-state index is -0.0124. The molecule has 3 N–H and O–H groups in total. The van der Waals surface area contributed by atoms with Crippen LogP contribution in [0.1, 0.15) is 25.8 Å². The highest BCUT2D eigenvalue weighted by molar-refractivity contribution is 14.0. The monoisotopic (exact) mass is 418 g/mol. The molecule has 0 heterocycles. The number of nitrogens with zero attached hydrogens (tertiary/aromatic N) is 1. The summed E-state index contributed by atoms with van der Waals surface area (Å²) in [5, 5.41) is 9.14. The maximum atomic E-state index is 10.8. The van der Waals surface area contributed by atoms with Crippen molar-refractivity contribution in [3.8, 4) is 0 Å². The molecule has 0 unspecified atom stereocenters. The fourth-order valence-corrected chi connectivity index (χ4v) is 1.88. The molecule has 22 heavy (non-hydrogen) atoms. The van der Waals surface area contributed by atoms with E-state index in [4.69, 9.17) is 0 Å². The summed E-state index contributed by atoms with van der Waals surface area (Å²) >= 11 is 0. The number of carbonyl (C=O) groups is 1. The van der Waals surface area contributed by atoms with Crippen molar-refractivity contribution in [3.05, 3.63) is 35.9 Å². The summed E-state index contributed by atoms with van der Waals surface area (Å²) in [7, 11) is 0. The Morgan fingerprint density at radius 1 is 1.09 bits per heavy atom. The summed E-state index contributed by atoms with van der Waals surface area (Å²) in [5.74, 6) is 0.789. The predicted octanol–water partition coefficient (Wildman–Crippen LogP) is 1.93. The summed E-state index contributed by atoms with van der Waals surface area (Å²) in [6, 6.07) is 10.4. The van der Waals surface area contributed by atoms with E-state index in [1.54, 1.807) is 0 Å². The van der Waals surface area contributed by atoms with Gasteiger partial charge in [0.05, 0.1) is 0 Å². The van der Waals surface area contributed by atoms with Gasteiger partial charge in [-0.15, -0.1) is 24.0 Å². The molecule has 6 heteroatoms. The largest absolute Gasteiger partial charge is 0.357 e. The first kappa shape index (κ1) is 20.7. The molecular weight excluding hydrogens is 391 g/mol. The zero-order chi connectivity index (χ0) is 15.3. The zero-order valence-corrected chi connectivity index (χ0v) is 15.7. The van der Waals surface area contributed by atoms with E-state index in [1.807, 2.05) is 13.0 Å². The lowest BCUT2D eigenvalue weighted by Gasteiger charge is -2.11. The lowest BCUT2D eigenvalue weighted by atomic mass is 10.1. The average molecular weight is 418 g/mol. The molecule has 124 valence electrons. The first-order valence-corrected chi connectivity index (χ1v) is 7.53. The zero-order valence-electron chi connectivity index (χ0n) is 13.4. The summed E-state index contributed by atoms with van der Waals surface area (Å²) < 4.78 is 0. The normalized spacial score (nSPS) is 10.5. The standard InChI is InChI=1S/C16H26N4O.HI/c1-3-17-16(20-13-12-18-14(2)21)19-11-7-10-15-8-5-4-6-9-15;/h4-6,8-9H,3,7,10-13H2,1-2H3,(H,18,21)(H2,17,19,20);1H. The maximum Gasteiger partial charge on any atom is 0.216 e. The highest BCUT2D eigenvalue weighted by Gasteiger charge is 1.97. The lowest BCUT2D eigenvalue weighted by Crippen LogP contribution is -2.41. The first-order chi connectivity index (χ1) is 10.2. The van der Waals surface area contributed by atoms with Crippen LogP contribution >= 0.6 is 24.0 Å². The second-order valence-electron chi connectivity index (χ2n) is 4.76. The highest BCUT2D eigenvalue weighted by atomic mass is 127. The molecule has 0 aliphatic heterocycles. The fourth-order valence-electron chi connectivity index (χ4n) is 1.88. The van der Waals surface area contributed by atoms with Gasteiger partial charge in [-0.3, -0.25) is 9.79 Å². The molecule has 1 amide bonds. The smallest absolute Gasteiger partial charge is 0.216 e. The summed E-state index contributed by atoms with van der Waals surface area (Å²) in [6.07, 6.45) is 2.06. The molecule has 5 nitrogen and oxygen atoms in total. The van der Waals surface area contributed by atoms with Crippen molar-refractivity contribution in [1.29, 1.82) is 0 Å². The Labute approximate surface area is 150 Å². The fraction of sp³-hybridized carbons (Fsp3) is 0.500. The number of guanidine groups is 1. The van der Waals surface area contributed by atoms with E-state index in [2.05, 4.69) is 45.2 Å². The second-order valence-corrected chi connectivity index (χ2v) is 4.76. The quantitative estimate of drug-likeness (QED) is 0.262. The minimum absolute atomic E-state index is 0. The van der Waals surface area contributed by atoms with Gasteiger partial charge in [0.1, 0.15) is 0 Å². The van der Waals surface area contributed by atoms with E-state index in [0.717, 1.165) is 31.9 Å². The van der Waals surface area contributed by atoms with Crippen LogP contribution in [-0.4, -0.2) is 38.0 Å². The number of halogens is 1. The van der Waals surface area contributed by atoms with Crippen LogP contribution in [0.3, 0.4) is 0 Å². The first-order valence-electron chi connectivity index (χ1n) is 7.53. The van der Waals surface area contributed by atoms with Gasteiger partial charge < -0.3 is 16.0 Å². The van der Waals surface area contributed by atoms with Crippen LogP contribution in [0.25, 0.3) is 0 Å². The Morgan fingerprint density at radius 3 is 2.41 bits per heavy atom. The Kier molecular flexibility index (Phi) is 12.6. The number of rotatable bonds is 8. The molecule has 0 atom stereocenters. The van der Waals surface area contributed by atoms with E-state index in [1.165, 1.54) is 12.5 Å². The van der Waals surface area contributed by atoms with Crippen LogP contribution in [0.2, 0.25) is 0 Å². The SMILES string of the molecule is CCNC(=NCCCc1ccccc1)NCCNC(C)=O.I. The Morgan fingerprint density at radius 2 is 1.77 bits per heavy atom. The van der Waals surface area contributed by atoms with Crippen LogP contribution in [0.5, 0.6) is 0 Å². The molecule has 0 saturated carbocycles. The highest BCUT2D eigenvalue weighted by Crippen LogP contribution is 2.02. The number of carbonyl (C=O) groups excluding carboxylic acids is 1. The van der Waals surface area contributed by atoms with Crippen LogP contribution < -0.4 is 16.0 Å². The predicted molar refractivity (Wildman–Crippen MR) is 103 cm³/mol. The van der Waals surface area contributed by atoms with Gasteiger partial charge in [-0.25, -0.2) is 0 Å². The molecule has 1 aromatic carbocycles. The summed E-state index contributed by atoms with van der Waals surface area (Å²) in [4.78, 5) is 15.3. The van der Waals surface area contributed by atoms with E-state index < -0.39 is 0 Å². The average Bonchev–Trinajstić information content (AvgIpc) is 2.48. The number of hydrogen-bond donors (Lipinski definition) is 3. The van der Waals surface area contributed by atoms with Gasteiger partial charge in [0.25, 0.3) is 0 Å². The van der Waals surface area contributed by atoms with Crippen molar-refractivity contribution in [3.63, 3.8) is 0 Å². The van der Waals surface area contributed by atoms with Gasteiger partial charge in [0.2, 0.25) is 5.91 Å². The van der Waals surface area contributed by atoms with Crippen molar-refractivity contribution in [2.75, 3.05) is 26.2 Å². The third-order valence-electron chi connectivity index (χ3n) is 2.87. The molecule has 0 aromatic heterocycles. The number of amides is 1. The second kappa shape index (κ2) is 13.4. The maximum absolute atomic E-state index is 10.8. The van der Waals surface area contributed by atoms with Crippen molar-refractivity contribution in [2.24, 2.45) is 4.99 Å². The number of nitrogens with one attached hydrogen (secondary N) is 3. The van der Waals surface area contributed by atoms with E-state index >= 15 is 0 Å². The third kappa shape index (κ3) is 10.4. The van der Waals surface area contributed by atoms with Crippen LogP contribution in [0.15, 0.2) is 35.3 Å². The van der Waals surface area contributed by atoms with Gasteiger partial charge in [-0.2, -0.15) is 0 Å². The molecule has 0 radical (unpaired) electrons. The van der Waals surface area contributed by atoms with Crippen molar-refractivity contribution in [1.82, 2.24) is 16.0 Å². The number of aliphatic imine (C=N–C) groups is 1. The van der Waals surface area contributed by atoms with Crippen molar-refractivity contribution >= 4 is 35.8 Å². The van der Waals surface area contributed by atoms with E-state index in [9.17, 15) is 4.79 Å². The molecule has 0 fully saturated rings. The van der Waals surface area contributed by atoms with Gasteiger partial charge in [-0.05, 0) is 25.3 Å². The van der Waals surface area contributed by atoms with Gasteiger partial charge in [0.15, 0.2) is 5.96 Å². The number of benzene rings is 1. The van der Waals surface area contributed by atoms with E-state index in [0.29, 0.717) is 13.1 Å². The molecule has 0 spiro atoms. The molecule has 1 aromatic rings. The molecule has 0 aliphatic carbocycles. The molecule has 0 bridgehead atoms. The van der Waals surface area contributed by atoms with Crippen LogP contribution in [0.4, 0.5) is 0 Å². The van der Waals surface area contributed by atoms with Crippen LogP contribution in [-0.2, 0) is 11.2 Å². The van der Waals surface area contributed by atoms with Gasteiger partial charge in [-0.1, -0.05) is 30.3 Å². The van der Waals surface area contributed by atoms with Gasteiger partial charge >= 0.3 is 0 Å². The van der Waals surface area contributed by atoms with Gasteiger partial charge in [0, 0.05) is 33.1 Å². The van der Waals surface area contributed by atoms with E-state index in [-0.39, 0.29) is 29.9 Å². The Hall–Kier alpha value is -1.31. The third-order valence-corrected chi connectivity index (χ3v) is 2.87. The Bertz CT molecular complexity index is 437. The van der Waals surface area contributed by atoms with Crippen LogP contribution in [0, 0.1) is 0 Å². The topological polar surface area (TPSA) is 65.5 Å². The summed E-state index contributed by atoms with van der Waals surface area (Å²) in [6.45, 7) is 6.43. The van der Waals surface area contributed by atoms with Crippen molar-refractivity contribution < 1.29 is 4.79 Å². The molecule has 1 rings (SSSR count). The molecule has 0 aliphatic rings.